The Morgan fingerprint density at radius 2 is 1.68 bits per heavy atom. The fourth-order valence-electron chi connectivity index (χ4n) is 4.52. The summed E-state index contributed by atoms with van der Waals surface area (Å²) in [5.41, 5.74) is 2.65. The second kappa shape index (κ2) is 9.35. The zero-order valence-electron chi connectivity index (χ0n) is 19.2. The van der Waals surface area contributed by atoms with Gasteiger partial charge in [-0.15, -0.1) is 0 Å². The normalized spacial score (nSPS) is 17.0. The van der Waals surface area contributed by atoms with Crippen LogP contribution in [0.25, 0.3) is 0 Å². The van der Waals surface area contributed by atoms with Gasteiger partial charge in [0.2, 0.25) is 5.91 Å². The van der Waals surface area contributed by atoms with E-state index in [1.54, 1.807) is 53.3 Å². The number of hydrogen-bond acceptors (Lipinski definition) is 5. The molecular formula is C26H25N3O5. The summed E-state index contributed by atoms with van der Waals surface area (Å²) in [7, 11) is 1.58. The average Bonchev–Trinajstić information content (AvgIpc) is 2.84. The lowest BCUT2D eigenvalue weighted by molar-refractivity contribution is -0.384. The van der Waals surface area contributed by atoms with Crippen molar-refractivity contribution < 1.29 is 19.2 Å². The lowest BCUT2D eigenvalue weighted by Gasteiger charge is -2.43. The smallest absolute Gasteiger partial charge is 0.269 e. The molecule has 34 heavy (non-hydrogen) atoms. The Kier molecular flexibility index (Phi) is 6.32. The molecule has 0 fully saturated rings. The number of nitro benzene ring substituents is 1. The van der Waals surface area contributed by atoms with Gasteiger partial charge >= 0.3 is 0 Å². The number of nitrogens with zero attached hydrogens (tertiary/aromatic N) is 3. The van der Waals surface area contributed by atoms with Gasteiger partial charge in [-0.1, -0.05) is 18.2 Å². The van der Waals surface area contributed by atoms with E-state index in [2.05, 4.69) is 0 Å². The second-order valence-corrected chi connectivity index (χ2v) is 8.23. The van der Waals surface area contributed by atoms with E-state index < -0.39 is 4.92 Å². The maximum absolute atomic E-state index is 13.5. The fraction of sp³-hybridized carbons (Fsp3) is 0.231. The molecular weight excluding hydrogens is 434 g/mol. The van der Waals surface area contributed by atoms with E-state index in [-0.39, 0.29) is 29.6 Å². The van der Waals surface area contributed by atoms with Crippen molar-refractivity contribution in [2.45, 2.75) is 32.4 Å². The topological polar surface area (TPSA) is 93.0 Å². The van der Waals surface area contributed by atoms with Crippen LogP contribution in [0.4, 0.5) is 17.1 Å². The molecule has 3 aromatic carbocycles. The first kappa shape index (κ1) is 23.0. The third-order valence-electron chi connectivity index (χ3n) is 6.11. The van der Waals surface area contributed by atoms with Crippen molar-refractivity contribution in [1.82, 2.24) is 0 Å². The number of para-hydroxylation sites is 1. The van der Waals surface area contributed by atoms with Crippen molar-refractivity contribution in [3.05, 3.63) is 94.0 Å². The zero-order valence-corrected chi connectivity index (χ0v) is 19.2. The first-order chi connectivity index (χ1) is 16.3. The van der Waals surface area contributed by atoms with E-state index >= 15 is 0 Å². The first-order valence-corrected chi connectivity index (χ1v) is 10.9. The van der Waals surface area contributed by atoms with Gasteiger partial charge in [-0.2, -0.15) is 0 Å². The minimum Gasteiger partial charge on any atom is -0.497 e. The van der Waals surface area contributed by atoms with Gasteiger partial charge in [0, 0.05) is 42.0 Å². The van der Waals surface area contributed by atoms with Crippen molar-refractivity contribution in [1.29, 1.82) is 0 Å². The summed E-state index contributed by atoms with van der Waals surface area (Å²) in [6, 6.07) is 20.0. The van der Waals surface area contributed by atoms with Crippen LogP contribution in [-0.4, -0.2) is 29.9 Å². The zero-order chi connectivity index (χ0) is 24.4. The average molecular weight is 460 g/mol. The molecule has 4 rings (SSSR count). The number of anilines is 2. The highest BCUT2D eigenvalue weighted by atomic mass is 16.6. The van der Waals surface area contributed by atoms with E-state index in [4.69, 9.17) is 4.74 Å². The number of carbonyl (C=O) groups is 2. The van der Waals surface area contributed by atoms with E-state index in [1.807, 2.05) is 31.2 Å². The fourth-order valence-corrected chi connectivity index (χ4v) is 4.52. The van der Waals surface area contributed by atoms with Crippen molar-refractivity contribution in [3.8, 4) is 5.75 Å². The Morgan fingerprint density at radius 1 is 1.03 bits per heavy atom. The van der Waals surface area contributed by atoms with Crippen LogP contribution in [0.1, 0.15) is 42.2 Å². The van der Waals surface area contributed by atoms with Crippen LogP contribution in [0.3, 0.4) is 0 Å². The molecule has 0 aliphatic carbocycles. The minimum atomic E-state index is -0.470. The Labute approximate surface area is 197 Å². The Balaban J connectivity index is 1.73. The van der Waals surface area contributed by atoms with Crippen LogP contribution in [-0.2, 0) is 4.79 Å². The van der Waals surface area contributed by atoms with Crippen LogP contribution in [0, 0.1) is 10.1 Å². The molecule has 0 radical (unpaired) electrons. The Hall–Kier alpha value is -4.20. The summed E-state index contributed by atoms with van der Waals surface area (Å²) in [5.74, 6) is 0.352. The largest absolute Gasteiger partial charge is 0.497 e. The predicted molar refractivity (Wildman–Crippen MR) is 129 cm³/mol. The van der Waals surface area contributed by atoms with E-state index in [9.17, 15) is 19.7 Å². The second-order valence-electron chi connectivity index (χ2n) is 8.23. The number of ether oxygens (including phenoxy) is 1. The number of benzene rings is 3. The van der Waals surface area contributed by atoms with Gasteiger partial charge in [-0.3, -0.25) is 19.7 Å². The minimum absolute atomic E-state index is 0.0408. The molecule has 0 saturated heterocycles. The summed E-state index contributed by atoms with van der Waals surface area (Å²) < 4.78 is 5.20. The van der Waals surface area contributed by atoms with Gasteiger partial charge in [0.05, 0.1) is 18.1 Å². The van der Waals surface area contributed by atoms with Crippen LogP contribution in [0.15, 0.2) is 72.8 Å². The molecule has 0 unspecified atom stereocenters. The number of nitro groups is 1. The molecule has 2 amide bonds. The highest BCUT2D eigenvalue weighted by molar-refractivity contribution is 6.07. The molecule has 8 heteroatoms. The number of fused-ring (bicyclic) bond motifs is 1. The van der Waals surface area contributed by atoms with Gasteiger partial charge < -0.3 is 14.5 Å². The molecule has 1 heterocycles. The third kappa shape index (κ3) is 4.22. The Bertz CT molecular complexity index is 1220. The molecule has 174 valence electrons. The van der Waals surface area contributed by atoms with Crippen molar-refractivity contribution in [2.24, 2.45) is 0 Å². The van der Waals surface area contributed by atoms with Crippen molar-refractivity contribution in [2.75, 3.05) is 16.9 Å². The van der Waals surface area contributed by atoms with Crippen LogP contribution < -0.4 is 14.5 Å². The van der Waals surface area contributed by atoms with Gasteiger partial charge in [0.15, 0.2) is 0 Å². The van der Waals surface area contributed by atoms with Crippen molar-refractivity contribution >= 4 is 28.9 Å². The summed E-state index contributed by atoms with van der Waals surface area (Å²) in [6.45, 7) is 3.43. The lowest BCUT2D eigenvalue weighted by atomic mass is 9.89. The highest BCUT2D eigenvalue weighted by Gasteiger charge is 2.38. The van der Waals surface area contributed by atoms with E-state index in [0.29, 0.717) is 23.4 Å². The molecule has 8 nitrogen and oxygen atoms in total. The number of methoxy groups -OCH3 is 1. The molecule has 1 aliphatic heterocycles. The summed E-state index contributed by atoms with van der Waals surface area (Å²) in [5, 5.41) is 11.1. The number of amides is 2. The van der Waals surface area contributed by atoms with Gasteiger partial charge in [-0.05, 0) is 61.4 Å². The first-order valence-electron chi connectivity index (χ1n) is 10.9. The maximum atomic E-state index is 13.5. The van der Waals surface area contributed by atoms with Gasteiger partial charge in [0.1, 0.15) is 5.75 Å². The molecule has 0 bridgehead atoms. The molecule has 0 aromatic heterocycles. The number of hydrogen-bond donors (Lipinski definition) is 0. The molecule has 1 aliphatic rings. The van der Waals surface area contributed by atoms with E-state index in [1.165, 1.54) is 19.1 Å². The highest BCUT2D eigenvalue weighted by Crippen LogP contribution is 2.43. The molecule has 0 spiro atoms. The third-order valence-corrected chi connectivity index (χ3v) is 6.11. The van der Waals surface area contributed by atoms with Crippen LogP contribution in [0.2, 0.25) is 0 Å². The number of rotatable bonds is 5. The van der Waals surface area contributed by atoms with Crippen LogP contribution in [0.5, 0.6) is 5.75 Å². The quantitative estimate of drug-likeness (QED) is 0.389. The predicted octanol–water partition coefficient (Wildman–Crippen LogP) is 5.14. The maximum Gasteiger partial charge on any atom is 0.269 e. The Morgan fingerprint density at radius 3 is 2.26 bits per heavy atom. The van der Waals surface area contributed by atoms with Gasteiger partial charge in [0.25, 0.3) is 11.6 Å². The van der Waals surface area contributed by atoms with Crippen molar-refractivity contribution in [3.63, 3.8) is 0 Å². The lowest BCUT2D eigenvalue weighted by Crippen LogP contribution is -2.47. The molecule has 0 saturated carbocycles. The van der Waals surface area contributed by atoms with Crippen LogP contribution >= 0.6 is 0 Å². The molecule has 0 N–H and O–H groups in total. The molecule has 3 aromatic rings. The number of carbonyl (C=O) groups excluding carboxylic acids is 2. The summed E-state index contributed by atoms with van der Waals surface area (Å²) in [4.78, 5) is 40.3. The summed E-state index contributed by atoms with van der Waals surface area (Å²) in [6.07, 6.45) is 0.509. The molecule has 2 atom stereocenters. The monoisotopic (exact) mass is 459 g/mol. The van der Waals surface area contributed by atoms with E-state index in [0.717, 1.165) is 11.3 Å². The van der Waals surface area contributed by atoms with Gasteiger partial charge in [-0.25, -0.2) is 0 Å². The standard InChI is InChI=1S/C26H25N3O5/c1-17-16-25(28(18(2)30)20-10-12-21(13-11-20)29(32)33)23-6-4-5-7-24(23)27(17)26(31)19-8-14-22(34-3)15-9-19/h4-15,17,25H,16H2,1-3H3/t17-,25+/m0/s1. The SMILES string of the molecule is COc1ccc(C(=O)N2c3ccccc3[C@H](N(C(C)=O)c3ccc([N+](=O)[O-])cc3)C[C@@H]2C)cc1. The summed E-state index contributed by atoms with van der Waals surface area (Å²) >= 11 is 0. The number of non-ortho nitro benzene ring substituents is 1.